The normalized spacial score (nSPS) is 18.0. The SMILES string of the molecule is CN=C(NCC(C)c1ccc(C)cc1)NC1CCOc2ccccc21. The average Bonchev–Trinajstić information content (AvgIpc) is 2.65. The average molecular weight is 337 g/mol. The highest BCUT2D eigenvalue weighted by Gasteiger charge is 2.21. The Morgan fingerprint density at radius 2 is 1.96 bits per heavy atom. The summed E-state index contributed by atoms with van der Waals surface area (Å²) in [5.41, 5.74) is 3.83. The van der Waals surface area contributed by atoms with E-state index in [1.165, 1.54) is 16.7 Å². The van der Waals surface area contributed by atoms with Gasteiger partial charge in [0.15, 0.2) is 5.96 Å². The lowest BCUT2D eigenvalue weighted by atomic mass is 10.00. The summed E-state index contributed by atoms with van der Waals surface area (Å²) >= 11 is 0. The van der Waals surface area contributed by atoms with Crippen LogP contribution in [0.3, 0.4) is 0 Å². The van der Waals surface area contributed by atoms with Gasteiger partial charge >= 0.3 is 0 Å². The number of aryl methyl sites for hydroxylation is 1. The fraction of sp³-hybridized carbons (Fsp3) is 0.381. The van der Waals surface area contributed by atoms with Crippen LogP contribution in [0, 0.1) is 6.92 Å². The van der Waals surface area contributed by atoms with Gasteiger partial charge in [0.1, 0.15) is 5.75 Å². The molecule has 3 rings (SSSR count). The van der Waals surface area contributed by atoms with Crippen molar-refractivity contribution in [2.45, 2.75) is 32.2 Å². The second kappa shape index (κ2) is 8.06. The van der Waals surface area contributed by atoms with E-state index in [1.54, 1.807) is 0 Å². The van der Waals surface area contributed by atoms with Crippen molar-refractivity contribution in [3.63, 3.8) is 0 Å². The zero-order valence-electron chi connectivity index (χ0n) is 15.3. The van der Waals surface area contributed by atoms with Crippen molar-refractivity contribution in [2.75, 3.05) is 20.2 Å². The first-order chi connectivity index (χ1) is 12.2. The van der Waals surface area contributed by atoms with E-state index in [9.17, 15) is 0 Å². The predicted octanol–water partition coefficient (Wildman–Crippen LogP) is 3.79. The number of aliphatic imine (C=N–C) groups is 1. The third-order valence-electron chi connectivity index (χ3n) is 4.72. The Morgan fingerprint density at radius 1 is 1.20 bits per heavy atom. The number of nitrogens with one attached hydrogen (secondary N) is 2. The van der Waals surface area contributed by atoms with E-state index in [0.717, 1.165) is 31.3 Å². The van der Waals surface area contributed by atoms with Gasteiger partial charge < -0.3 is 15.4 Å². The Bertz CT molecular complexity index is 724. The highest BCUT2D eigenvalue weighted by molar-refractivity contribution is 5.80. The summed E-state index contributed by atoms with van der Waals surface area (Å²) in [6.45, 7) is 5.91. The number of fused-ring (bicyclic) bond motifs is 1. The molecule has 2 aromatic carbocycles. The van der Waals surface area contributed by atoms with E-state index in [0.29, 0.717) is 5.92 Å². The van der Waals surface area contributed by atoms with Crippen LogP contribution in [-0.4, -0.2) is 26.2 Å². The number of guanidine groups is 1. The van der Waals surface area contributed by atoms with E-state index >= 15 is 0 Å². The molecule has 0 radical (unpaired) electrons. The molecule has 1 aliphatic heterocycles. The Balaban J connectivity index is 1.60. The molecule has 0 spiro atoms. The summed E-state index contributed by atoms with van der Waals surface area (Å²) in [6.07, 6.45) is 0.936. The van der Waals surface area contributed by atoms with E-state index in [-0.39, 0.29) is 6.04 Å². The zero-order chi connectivity index (χ0) is 17.6. The molecule has 2 atom stereocenters. The summed E-state index contributed by atoms with van der Waals surface area (Å²) < 4.78 is 5.73. The van der Waals surface area contributed by atoms with Crippen molar-refractivity contribution >= 4 is 5.96 Å². The Labute approximate surface area is 150 Å². The van der Waals surface area contributed by atoms with Crippen LogP contribution in [0.15, 0.2) is 53.5 Å². The van der Waals surface area contributed by atoms with E-state index < -0.39 is 0 Å². The molecule has 4 heteroatoms. The first-order valence-electron chi connectivity index (χ1n) is 8.93. The van der Waals surface area contributed by atoms with E-state index in [4.69, 9.17) is 4.74 Å². The molecule has 0 fully saturated rings. The van der Waals surface area contributed by atoms with Crippen molar-refractivity contribution in [3.8, 4) is 5.75 Å². The lowest BCUT2D eigenvalue weighted by Crippen LogP contribution is -2.42. The molecule has 2 unspecified atom stereocenters. The fourth-order valence-corrected chi connectivity index (χ4v) is 3.11. The van der Waals surface area contributed by atoms with Crippen molar-refractivity contribution in [3.05, 3.63) is 65.2 Å². The number of nitrogens with zero attached hydrogens (tertiary/aromatic N) is 1. The highest BCUT2D eigenvalue weighted by atomic mass is 16.5. The largest absolute Gasteiger partial charge is 0.493 e. The predicted molar refractivity (Wildman–Crippen MR) is 103 cm³/mol. The minimum Gasteiger partial charge on any atom is -0.493 e. The van der Waals surface area contributed by atoms with Crippen molar-refractivity contribution < 1.29 is 4.74 Å². The van der Waals surface area contributed by atoms with Crippen molar-refractivity contribution in [2.24, 2.45) is 4.99 Å². The van der Waals surface area contributed by atoms with Gasteiger partial charge in [-0.05, 0) is 24.5 Å². The summed E-state index contributed by atoms with van der Waals surface area (Å²) in [7, 11) is 1.82. The zero-order valence-corrected chi connectivity index (χ0v) is 15.3. The first-order valence-corrected chi connectivity index (χ1v) is 8.93. The number of para-hydroxylation sites is 1. The molecule has 0 aliphatic carbocycles. The summed E-state index contributed by atoms with van der Waals surface area (Å²) in [5.74, 6) is 2.22. The molecule has 25 heavy (non-hydrogen) atoms. The fourth-order valence-electron chi connectivity index (χ4n) is 3.11. The van der Waals surface area contributed by atoms with Gasteiger partial charge in [-0.25, -0.2) is 0 Å². The van der Waals surface area contributed by atoms with Gasteiger partial charge in [-0.15, -0.1) is 0 Å². The van der Waals surface area contributed by atoms with Crippen LogP contribution in [-0.2, 0) is 0 Å². The number of hydrogen-bond acceptors (Lipinski definition) is 2. The Hall–Kier alpha value is -2.49. The van der Waals surface area contributed by atoms with Gasteiger partial charge in [-0.3, -0.25) is 4.99 Å². The molecular weight excluding hydrogens is 310 g/mol. The maximum Gasteiger partial charge on any atom is 0.191 e. The maximum atomic E-state index is 5.73. The molecular formula is C21H27N3O. The summed E-state index contributed by atoms with van der Waals surface area (Å²) in [5, 5.41) is 7.00. The lowest BCUT2D eigenvalue weighted by Gasteiger charge is -2.28. The van der Waals surface area contributed by atoms with Gasteiger partial charge in [0.25, 0.3) is 0 Å². The smallest absolute Gasteiger partial charge is 0.191 e. The van der Waals surface area contributed by atoms with Crippen LogP contribution in [0.5, 0.6) is 5.75 Å². The second-order valence-corrected chi connectivity index (χ2v) is 6.64. The Morgan fingerprint density at radius 3 is 2.72 bits per heavy atom. The molecule has 1 heterocycles. The molecule has 0 aromatic heterocycles. The number of ether oxygens (including phenoxy) is 1. The van der Waals surface area contributed by atoms with Crippen molar-refractivity contribution in [1.82, 2.24) is 10.6 Å². The second-order valence-electron chi connectivity index (χ2n) is 6.64. The molecule has 0 bridgehead atoms. The monoisotopic (exact) mass is 337 g/mol. The van der Waals surface area contributed by atoms with Crippen LogP contribution >= 0.6 is 0 Å². The molecule has 0 saturated carbocycles. The number of rotatable bonds is 4. The summed E-state index contributed by atoms with van der Waals surface area (Å²) in [6, 6.07) is 17.2. The third kappa shape index (κ3) is 4.32. The minimum absolute atomic E-state index is 0.228. The standard InChI is InChI=1S/C21H27N3O/c1-15-8-10-17(11-9-15)16(2)14-23-21(22-3)24-19-12-13-25-20-7-5-4-6-18(19)20/h4-11,16,19H,12-14H2,1-3H3,(H2,22,23,24). The molecule has 1 aliphatic rings. The minimum atomic E-state index is 0.228. The lowest BCUT2D eigenvalue weighted by molar-refractivity contribution is 0.261. The van der Waals surface area contributed by atoms with Crippen LogP contribution in [0.1, 0.15) is 42.0 Å². The maximum absolute atomic E-state index is 5.73. The van der Waals surface area contributed by atoms with Gasteiger partial charge in [0, 0.05) is 25.6 Å². The van der Waals surface area contributed by atoms with Gasteiger partial charge in [-0.1, -0.05) is 55.0 Å². The van der Waals surface area contributed by atoms with Crippen LogP contribution in [0.25, 0.3) is 0 Å². The Kier molecular flexibility index (Phi) is 5.59. The van der Waals surface area contributed by atoms with Crippen LogP contribution in [0.4, 0.5) is 0 Å². The molecule has 2 aromatic rings. The van der Waals surface area contributed by atoms with Crippen molar-refractivity contribution in [1.29, 1.82) is 0 Å². The van der Waals surface area contributed by atoms with Crippen LogP contribution in [0.2, 0.25) is 0 Å². The van der Waals surface area contributed by atoms with Gasteiger partial charge in [0.05, 0.1) is 12.6 Å². The molecule has 0 saturated heterocycles. The van der Waals surface area contributed by atoms with Gasteiger partial charge in [-0.2, -0.15) is 0 Å². The summed E-state index contributed by atoms with van der Waals surface area (Å²) in [4.78, 5) is 4.39. The number of hydrogen-bond donors (Lipinski definition) is 2. The quantitative estimate of drug-likeness (QED) is 0.659. The van der Waals surface area contributed by atoms with Crippen LogP contribution < -0.4 is 15.4 Å². The first kappa shape index (κ1) is 17.3. The molecule has 132 valence electrons. The molecule has 0 amide bonds. The molecule has 2 N–H and O–H groups in total. The number of benzene rings is 2. The molecule has 4 nitrogen and oxygen atoms in total. The van der Waals surface area contributed by atoms with E-state index in [2.05, 4.69) is 65.9 Å². The highest BCUT2D eigenvalue weighted by Crippen LogP contribution is 2.31. The van der Waals surface area contributed by atoms with Gasteiger partial charge in [0.2, 0.25) is 0 Å². The topological polar surface area (TPSA) is 45.7 Å². The van der Waals surface area contributed by atoms with E-state index in [1.807, 2.05) is 19.2 Å². The third-order valence-corrected chi connectivity index (χ3v) is 4.72.